The minimum atomic E-state index is 0.905. The molecule has 0 spiro atoms. The van der Waals surface area contributed by atoms with Crippen LogP contribution in [0.15, 0.2) is 186 Å². The maximum absolute atomic E-state index is 6.87. The highest BCUT2D eigenvalue weighted by Crippen LogP contribution is 2.53. The molecule has 1 aromatic heterocycles. The van der Waals surface area contributed by atoms with Gasteiger partial charge in [-0.1, -0.05) is 152 Å². The summed E-state index contributed by atoms with van der Waals surface area (Å²) in [6.45, 7) is 0. The molecule has 0 amide bonds. The highest BCUT2D eigenvalue weighted by Gasteiger charge is 2.25. The highest BCUT2D eigenvalue weighted by atomic mass is 16.3. The summed E-state index contributed by atoms with van der Waals surface area (Å²) in [5, 5.41) is 17.4. The standard InChI is InChI=1S/C52H30O/c1-3-13-32(14-4-1)47-39-19-9-10-20-40(39)48(33-15-5-2-6-16-33)52-43-26-27-45-50-41(24-25-42(49(43)50)51(47)52)44-29-36-28-35(23-22-34(36)30-46(44)53-45)38-21-11-17-31-12-7-8-18-37(31)38/h1-30H. The number of benzene rings is 10. The first-order valence-corrected chi connectivity index (χ1v) is 18.3. The van der Waals surface area contributed by atoms with Gasteiger partial charge in [0.15, 0.2) is 0 Å². The molecule has 1 heterocycles. The average molecular weight is 671 g/mol. The third-order valence-corrected chi connectivity index (χ3v) is 11.6. The summed E-state index contributed by atoms with van der Waals surface area (Å²) in [7, 11) is 0. The van der Waals surface area contributed by atoms with Gasteiger partial charge in [0.25, 0.3) is 0 Å². The summed E-state index contributed by atoms with van der Waals surface area (Å²) in [4.78, 5) is 0. The van der Waals surface area contributed by atoms with Gasteiger partial charge in [-0.15, -0.1) is 0 Å². The van der Waals surface area contributed by atoms with Crippen molar-refractivity contribution in [3.63, 3.8) is 0 Å². The van der Waals surface area contributed by atoms with Crippen LogP contribution in [0.3, 0.4) is 0 Å². The first-order chi connectivity index (χ1) is 26.3. The largest absolute Gasteiger partial charge is 0.456 e. The van der Waals surface area contributed by atoms with Gasteiger partial charge in [0.2, 0.25) is 0 Å². The van der Waals surface area contributed by atoms with Crippen molar-refractivity contribution in [1.82, 2.24) is 0 Å². The summed E-state index contributed by atoms with van der Waals surface area (Å²) < 4.78 is 6.87. The van der Waals surface area contributed by atoms with Crippen LogP contribution in [0.5, 0.6) is 0 Å². The van der Waals surface area contributed by atoms with Gasteiger partial charge in [-0.3, -0.25) is 0 Å². The van der Waals surface area contributed by atoms with Gasteiger partial charge < -0.3 is 4.42 Å². The molecular weight excluding hydrogens is 641 g/mol. The molecule has 12 aromatic rings. The van der Waals surface area contributed by atoms with Gasteiger partial charge in [0, 0.05) is 16.2 Å². The van der Waals surface area contributed by atoms with Gasteiger partial charge in [-0.2, -0.15) is 0 Å². The van der Waals surface area contributed by atoms with Crippen LogP contribution in [0.1, 0.15) is 0 Å². The lowest BCUT2D eigenvalue weighted by atomic mass is 9.86. The molecule has 12 rings (SSSR count). The predicted octanol–water partition coefficient (Wildman–Crippen LogP) is 14.9. The van der Waals surface area contributed by atoms with E-state index in [0.29, 0.717) is 0 Å². The Bertz CT molecular complexity index is 3320. The van der Waals surface area contributed by atoms with Gasteiger partial charge in [0.05, 0.1) is 0 Å². The van der Waals surface area contributed by atoms with E-state index in [1.165, 1.54) is 103 Å². The Kier molecular flexibility index (Phi) is 5.84. The third kappa shape index (κ3) is 4.02. The zero-order chi connectivity index (χ0) is 34.6. The lowest BCUT2D eigenvalue weighted by Gasteiger charge is -2.16. The molecule has 0 radical (unpaired) electrons. The fourth-order valence-electron chi connectivity index (χ4n) is 9.31. The molecule has 0 bridgehead atoms. The van der Waals surface area contributed by atoms with Crippen LogP contribution in [0, 0.1) is 0 Å². The smallest absolute Gasteiger partial charge is 0.135 e. The fraction of sp³-hybridized carbons (Fsp3) is 0. The molecule has 1 nitrogen and oxygen atoms in total. The molecule has 53 heavy (non-hydrogen) atoms. The molecular formula is C52H30O. The predicted molar refractivity (Wildman–Crippen MR) is 226 cm³/mol. The van der Waals surface area contributed by atoms with E-state index in [9.17, 15) is 0 Å². The SMILES string of the molecule is c1ccc(-c2c3ccccc3c(-c3ccccc3)c3c4ccc5c6cc7cc(-c8cccc9ccccc89)ccc7cc6oc6ccc(c23)c4c65)cc1. The van der Waals surface area contributed by atoms with E-state index in [4.69, 9.17) is 4.42 Å². The van der Waals surface area contributed by atoms with Gasteiger partial charge in [-0.25, -0.2) is 0 Å². The van der Waals surface area contributed by atoms with Crippen molar-refractivity contribution in [2.75, 3.05) is 0 Å². The molecule has 11 aromatic carbocycles. The maximum Gasteiger partial charge on any atom is 0.135 e. The van der Waals surface area contributed by atoms with Crippen LogP contribution in [0.2, 0.25) is 0 Å². The van der Waals surface area contributed by atoms with Gasteiger partial charge >= 0.3 is 0 Å². The molecule has 0 fully saturated rings. The van der Waals surface area contributed by atoms with Crippen LogP contribution >= 0.6 is 0 Å². The van der Waals surface area contributed by atoms with Crippen molar-refractivity contribution in [1.29, 1.82) is 0 Å². The second-order valence-corrected chi connectivity index (χ2v) is 14.3. The third-order valence-electron chi connectivity index (χ3n) is 11.6. The van der Waals surface area contributed by atoms with E-state index in [2.05, 4.69) is 182 Å². The van der Waals surface area contributed by atoms with Crippen LogP contribution in [0.25, 0.3) is 120 Å². The minimum Gasteiger partial charge on any atom is -0.456 e. The topological polar surface area (TPSA) is 13.1 Å². The summed E-state index contributed by atoms with van der Waals surface area (Å²) in [5.41, 5.74) is 9.32. The summed E-state index contributed by atoms with van der Waals surface area (Å²) >= 11 is 0. The van der Waals surface area contributed by atoms with Crippen LogP contribution in [0.4, 0.5) is 0 Å². The summed E-state index contributed by atoms with van der Waals surface area (Å²) in [6.07, 6.45) is 0. The van der Waals surface area contributed by atoms with E-state index < -0.39 is 0 Å². The molecule has 0 unspecified atom stereocenters. The molecule has 0 saturated heterocycles. The molecule has 0 aliphatic heterocycles. The Hall–Kier alpha value is -6.96. The highest BCUT2D eigenvalue weighted by molar-refractivity contribution is 6.43. The minimum absolute atomic E-state index is 0.905. The van der Waals surface area contributed by atoms with E-state index in [-0.39, 0.29) is 0 Å². The molecule has 0 saturated carbocycles. The molecule has 0 aliphatic carbocycles. The van der Waals surface area contributed by atoms with Gasteiger partial charge in [-0.05, 0) is 123 Å². The first kappa shape index (κ1) is 28.7. The first-order valence-electron chi connectivity index (χ1n) is 18.3. The molecule has 1 heteroatoms. The van der Waals surface area contributed by atoms with E-state index in [1.807, 2.05) is 0 Å². The fourth-order valence-corrected chi connectivity index (χ4v) is 9.31. The second-order valence-electron chi connectivity index (χ2n) is 14.3. The number of hydrogen-bond donors (Lipinski definition) is 0. The number of hydrogen-bond acceptors (Lipinski definition) is 1. The van der Waals surface area contributed by atoms with Crippen molar-refractivity contribution in [2.24, 2.45) is 0 Å². The maximum atomic E-state index is 6.87. The Morgan fingerprint density at radius 1 is 0.264 bits per heavy atom. The van der Waals surface area contributed by atoms with E-state index in [0.717, 1.165) is 16.6 Å². The molecule has 0 N–H and O–H groups in total. The van der Waals surface area contributed by atoms with E-state index in [1.54, 1.807) is 0 Å². The molecule has 0 atom stereocenters. The Labute approximate surface area is 305 Å². The van der Waals surface area contributed by atoms with Crippen molar-refractivity contribution < 1.29 is 4.42 Å². The second kappa shape index (κ2) is 10.8. The zero-order valence-electron chi connectivity index (χ0n) is 28.7. The van der Waals surface area contributed by atoms with Crippen LogP contribution in [-0.4, -0.2) is 0 Å². The van der Waals surface area contributed by atoms with Crippen molar-refractivity contribution in [2.45, 2.75) is 0 Å². The van der Waals surface area contributed by atoms with Gasteiger partial charge in [0.1, 0.15) is 11.2 Å². The summed E-state index contributed by atoms with van der Waals surface area (Å²) in [6, 6.07) is 66.6. The number of rotatable bonds is 3. The average Bonchev–Trinajstić information content (AvgIpc) is 3.55. The number of fused-ring (bicyclic) bond motifs is 8. The van der Waals surface area contributed by atoms with E-state index >= 15 is 0 Å². The normalized spacial score (nSPS) is 12.2. The molecule has 244 valence electrons. The summed E-state index contributed by atoms with van der Waals surface area (Å²) in [5.74, 6) is 0. The van der Waals surface area contributed by atoms with Crippen LogP contribution < -0.4 is 0 Å². The van der Waals surface area contributed by atoms with Crippen molar-refractivity contribution in [3.05, 3.63) is 182 Å². The Morgan fingerprint density at radius 3 is 1.58 bits per heavy atom. The lowest BCUT2D eigenvalue weighted by molar-refractivity contribution is 0.663. The van der Waals surface area contributed by atoms with Crippen LogP contribution in [-0.2, 0) is 0 Å². The quantitative estimate of drug-likeness (QED) is 0.135. The monoisotopic (exact) mass is 670 g/mol. The Morgan fingerprint density at radius 2 is 0.868 bits per heavy atom. The van der Waals surface area contributed by atoms with Crippen molar-refractivity contribution in [3.8, 4) is 33.4 Å². The lowest BCUT2D eigenvalue weighted by Crippen LogP contribution is -1.89. The van der Waals surface area contributed by atoms with Crippen molar-refractivity contribution >= 4 is 86.6 Å². The Balaban J connectivity index is 1.21. The molecule has 0 aliphatic rings. The zero-order valence-corrected chi connectivity index (χ0v) is 28.7.